The lowest BCUT2D eigenvalue weighted by Gasteiger charge is -2.12. The van der Waals surface area contributed by atoms with Gasteiger partial charge in [-0.15, -0.1) is 0 Å². The van der Waals surface area contributed by atoms with Crippen molar-refractivity contribution in [3.05, 3.63) is 53.6 Å². The molecule has 0 saturated heterocycles. The summed E-state index contributed by atoms with van der Waals surface area (Å²) in [7, 11) is 1.58. The Morgan fingerprint density at radius 1 is 0.875 bits per heavy atom. The van der Waals surface area contributed by atoms with Gasteiger partial charge in [-0.2, -0.15) is 0 Å². The molecular weight excluding hydrogens is 308 g/mol. The molecule has 0 fully saturated rings. The maximum atomic E-state index is 12.2. The van der Waals surface area contributed by atoms with E-state index in [1.54, 1.807) is 51.3 Å². The van der Waals surface area contributed by atoms with Crippen molar-refractivity contribution >= 4 is 11.9 Å². The number of carbonyl (C=O) groups excluding carboxylic acids is 2. The largest absolute Gasteiger partial charge is 0.497 e. The second-order valence-corrected chi connectivity index (χ2v) is 4.93. The fourth-order valence-electron chi connectivity index (χ4n) is 2.28. The monoisotopic (exact) mass is 328 g/mol. The van der Waals surface area contributed by atoms with Crippen LogP contribution in [0.15, 0.2) is 42.5 Å². The average Bonchev–Trinajstić information content (AvgIpc) is 2.61. The van der Waals surface area contributed by atoms with Gasteiger partial charge in [-0.3, -0.25) is 0 Å². The van der Waals surface area contributed by atoms with Crippen LogP contribution in [0.2, 0.25) is 0 Å². The van der Waals surface area contributed by atoms with Crippen LogP contribution in [0.1, 0.15) is 34.6 Å². The Morgan fingerprint density at radius 2 is 1.50 bits per heavy atom. The van der Waals surface area contributed by atoms with Gasteiger partial charge in [-0.25, -0.2) is 9.59 Å². The smallest absolute Gasteiger partial charge is 0.338 e. The molecule has 0 aliphatic carbocycles. The summed E-state index contributed by atoms with van der Waals surface area (Å²) in [5.41, 5.74) is 2.18. The molecule has 0 aliphatic heterocycles. The Bertz CT molecular complexity index is 719. The molecule has 0 unspecified atom stereocenters. The van der Waals surface area contributed by atoms with E-state index in [1.165, 1.54) is 0 Å². The lowest BCUT2D eigenvalue weighted by atomic mass is 9.97. The molecule has 5 heteroatoms. The summed E-state index contributed by atoms with van der Waals surface area (Å²) in [6, 6.07) is 12.0. The number of hydrogen-bond donors (Lipinski definition) is 0. The number of benzene rings is 2. The number of esters is 2. The highest BCUT2D eigenvalue weighted by molar-refractivity contribution is 6.00. The van der Waals surface area contributed by atoms with Gasteiger partial charge in [-0.05, 0) is 55.3 Å². The minimum atomic E-state index is -0.432. The standard InChI is InChI=1S/C19H20O5/c1-4-23-18(20)14-8-11-16(19(21)24-5-2)17(12-14)13-6-9-15(22-3)10-7-13/h6-12H,4-5H2,1-3H3. The van der Waals surface area contributed by atoms with E-state index in [2.05, 4.69) is 0 Å². The molecule has 2 aromatic carbocycles. The second kappa shape index (κ2) is 8.15. The highest BCUT2D eigenvalue weighted by atomic mass is 16.5. The molecule has 0 heterocycles. The van der Waals surface area contributed by atoms with Crippen LogP contribution in [-0.4, -0.2) is 32.3 Å². The predicted molar refractivity (Wildman–Crippen MR) is 90.3 cm³/mol. The Morgan fingerprint density at radius 3 is 2.08 bits per heavy atom. The van der Waals surface area contributed by atoms with Crippen molar-refractivity contribution in [1.29, 1.82) is 0 Å². The second-order valence-electron chi connectivity index (χ2n) is 4.93. The van der Waals surface area contributed by atoms with E-state index in [9.17, 15) is 9.59 Å². The third-order valence-electron chi connectivity index (χ3n) is 3.43. The first-order valence-electron chi connectivity index (χ1n) is 7.73. The molecule has 0 atom stereocenters. The minimum Gasteiger partial charge on any atom is -0.497 e. The van der Waals surface area contributed by atoms with E-state index in [0.717, 1.165) is 5.56 Å². The molecule has 2 aromatic rings. The zero-order chi connectivity index (χ0) is 17.5. The molecule has 0 amide bonds. The molecular formula is C19H20O5. The van der Waals surface area contributed by atoms with Gasteiger partial charge in [0.1, 0.15) is 5.75 Å². The van der Waals surface area contributed by atoms with Crippen LogP contribution in [0.4, 0.5) is 0 Å². The summed E-state index contributed by atoms with van der Waals surface area (Å²) >= 11 is 0. The topological polar surface area (TPSA) is 61.8 Å². The number of ether oxygens (including phenoxy) is 3. The fourth-order valence-corrected chi connectivity index (χ4v) is 2.28. The molecule has 24 heavy (non-hydrogen) atoms. The average molecular weight is 328 g/mol. The number of rotatable bonds is 6. The molecule has 126 valence electrons. The van der Waals surface area contributed by atoms with Crippen LogP contribution in [0.25, 0.3) is 11.1 Å². The lowest BCUT2D eigenvalue weighted by Crippen LogP contribution is -2.09. The summed E-state index contributed by atoms with van der Waals surface area (Å²) < 4.78 is 15.3. The van der Waals surface area contributed by atoms with E-state index < -0.39 is 11.9 Å². The van der Waals surface area contributed by atoms with E-state index in [-0.39, 0.29) is 13.2 Å². The van der Waals surface area contributed by atoms with Crippen LogP contribution < -0.4 is 4.74 Å². The molecule has 0 N–H and O–H groups in total. The lowest BCUT2D eigenvalue weighted by molar-refractivity contribution is 0.0512. The van der Waals surface area contributed by atoms with Crippen molar-refractivity contribution in [3.8, 4) is 16.9 Å². The summed E-state index contributed by atoms with van der Waals surface area (Å²) in [6.07, 6.45) is 0. The minimum absolute atomic E-state index is 0.278. The van der Waals surface area contributed by atoms with Gasteiger partial charge in [0.2, 0.25) is 0 Å². The van der Waals surface area contributed by atoms with Gasteiger partial charge in [0.25, 0.3) is 0 Å². The third kappa shape index (κ3) is 3.93. The number of methoxy groups -OCH3 is 1. The SMILES string of the molecule is CCOC(=O)c1ccc(C(=O)OCC)c(-c2ccc(OC)cc2)c1. The Kier molecular flexibility index (Phi) is 5.95. The zero-order valence-corrected chi connectivity index (χ0v) is 14.0. The molecule has 0 bridgehead atoms. The van der Waals surface area contributed by atoms with Crippen molar-refractivity contribution in [2.75, 3.05) is 20.3 Å². The molecule has 0 radical (unpaired) electrons. The van der Waals surface area contributed by atoms with Crippen LogP contribution in [-0.2, 0) is 9.47 Å². The Hall–Kier alpha value is -2.82. The van der Waals surface area contributed by atoms with Crippen molar-refractivity contribution in [2.24, 2.45) is 0 Å². The van der Waals surface area contributed by atoms with Crippen molar-refractivity contribution in [3.63, 3.8) is 0 Å². The summed E-state index contributed by atoms with van der Waals surface area (Å²) in [5, 5.41) is 0. The van der Waals surface area contributed by atoms with E-state index in [0.29, 0.717) is 22.4 Å². The van der Waals surface area contributed by atoms with Crippen LogP contribution in [0.5, 0.6) is 5.75 Å². The maximum Gasteiger partial charge on any atom is 0.338 e. The van der Waals surface area contributed by atoms with Gasteiger partial charge in [-0.1, -0.05) is 12.1 Å². The normalized spacial score (nSPS) is 10.1. The van der Waals surface area contributed by atoms with Crippen molar-refractivity contribution in [2.45, 2.75) is 13.8 Å². The third-order valence-corrected chi connectivity index (χ3v) is 3.43. The zero-order valence-electron chi connectivity index (χ0n) is 14.0. The van der Waals surface area contributed by atoms with Gasteiger partial charge < -0.3 is 14.2 Å². The first kappa shape index (κ1) is 17.5. The van der Waals surface area contributed by atoms with Crippen LogP contribution in [0, 0.1) is 0 Å². The Balaban J connectivity index is 2.51. The summed E-state index contributed by atoms with van der Waals surface area (Å²) in [5.74, 6) is -0.153. The molecule has 0 saturated carbocycles. The summed E-state index contributed by atoms with van der Waals surface area (Å²) in [6.45, 7) is 4.06. The number of hydrogen-bond acceptors (Lipinski definition) is 5. The van der Waals surface area contributed by atoms with E-state index in [1.807, 2.05) is 12.1 Å². The van der Waals surface area contributed by atoms with Gasteiger partial charge in [0.15, 0.2) is 0 Å². The molecule has 0 aliphatic rings. The van der Waals surface area contributed by atoms with Crippen molar-refractivity contribution in [1.82, 2.24) is 0 Å². The Labute approximate surface area is 141 Å². The maximum absolute atomic E-state index is 12.2. The van der Waals surface area contributed by atoms with Crippen LogP contribution in [0.3, 0.4) is 0 Å². The highest BCUT2D eigenvalue weighted by Gasteiger charge is 2.17. The highest BCUT2D eigenvalue weighted by Crippen LogP contribution is 2.28. The first-order valence-corrected chi connectivity index (χ1v) is 7.73. The molecule has 0 spiro atoms. The van der Waals surface area contributed by atoms with E-state index in [4.69, 9.17) is 14.2 Å². The number of carbonyl (C=O) groups is 2. The first-order chi connectivity index (χ1) is 11.6. The van der Waals surface area contributed by atoms with E-state index >= 15 is 0 Å². The van der Waals surface area contributed by atoms with Crippen LogP contribution >= 0.6 is 0 Å². The predicted octanol–water partition coefficient (Wildman–Crippen LogP) is 3.72. The van der Waals surface area contributed by atoms with Gasteiger partial charge in [0.05, 0.1) is 31.5 Å². The molecule has 2 rings (SSSR count). The molecule has 0 aromatic heterocycles. The quantitative estimate of drug-likeness (QED) is 0.756. The van der Waals surface area contributed by atoms with Crippen molar-refractivity contribution < 1.29 is 23.8 Å². The van der Waals surface area contributed by atoms with Gasteiger partial charge >= 0.3 is 11.9 Å². The fraction of sp³-hybridized carbons (Fsp3) is 0.263. The van der Waals surface area contributed by atoms with Gasteiger partial charge in [0, 0.05) is 0 Å². The molecule has 5 nitrogen and oxygen atoms in total. The summed E-state index contributed by atoms with van der Waals surface area (Å²) in [4.78, 5) is 24.2.